The molecule has 1 aromatic carbocycles. The van der Waals surface area contributed by atoms with Crippen molar-refractivity contribution in [2.45, 2.75) is 163 Å². The highest BCUT2D eigenvalue weighted by Crippen LogP contribution is 2.40. The first-order chi connectivity index (χ1) is 30.6. The van der Waals surface area contributed by atoms with Gasteiger partial charge in [0.1, 0.15) is 24.5 Å². The van der Waals surface area contributed by atoms with E-state index >= 15 is 4.39 Å². The van der Waals surface area contributed by atoms with E-state index in [9.17, 15) is 29.1 Å². The average Bonchev–Trinajstić information content (AvgIpc) is 3.86. The van der Waals surface area contributed by atoms with Crippen molar-refractivity contribution in [3.63, 3.8) is 0 Å². The lowest BCUT2D eigenvalue weighted by Gasteiger charge is -2.33. The Kier molecular flexibility index (Phi) is 14.7. The first kappa shape index (κ1) is 48.9. The van der Waals surface area contributed by atoms with Gasteiger partial charge in [0.05, 0.1) is 64.6 Å². The number of halogens is 1. The summed E-state index contributed by atoms with van der Waals surface area (Å²) in [6.45, 7) is 19.0. The third kappa shape index (κ3) is 10.6. The summed E-state index contributed by atoms with van der Waals surface area (Å²) >= 11 is 0. The maximum Gasteiger partial charge on any atom is 0.343 e. The van der Waals surface area contributed by atoms with Crippen LogP contribution in [0.5, 0.6) is 0 Å². The van der Waals surface area contributed by atoms with Crippen LogP contribution in [0.15, 0.2) is 35.3 Å². The number of nitrogens with one attached hydrogen (secondary N) is 3. The molecule has 0 fully saturated rings. The summed E-state index contributed by atoms with van der Waals surface area (Å²) < 4.78 is 30.5. The van der Waals surface area contributed by atoms with Crippen molar-refractivity contribution in [3.8, 4) is 11.4 Å². The molecule has 4 atom stereocenters. The van der Waals surface area contributed by atoms with Crippen molar-refractivity contribution in [3.05, 3.63) is 69.0 Å². The monoisotopic (exact) mass is 900 g/mol. The first-order valence-corrected chi connectivity index (χ1v) is 22.9. The predicted molar refractivity (Wildman–Crippen MR) is 243 cm³/mol. The van der Waals surface area contributed by atoms with Gasteiger partial charge >= 0.3 is 5.97 Å². The molecule has 4 aromatic rings. The zero-order chi connectivity index (χ0) is 47.6. The van der Waals surface area contributed by atoms with Gasteiger partial charge in [0.2, 0.25) is 17.7 Å². The summed E-state index contributed by atoms with van der Waals surface area (Å²) in [4.78, 5) is 72.1. The smallest absolute Gasteiger partial charge is 0.343 e. The number of hydrogen-bond donors (Lipinski definition) is 4. The summed E-state index contributed by atoms with van der Waals surface area (Å²) in [6, 6.07) is 3.87. The van der Waals surface area contributed by atoms with Crippen molar-refractivity contribution in [1.82, 2.24) is 35.2 Å². The average molecular weight is 901 g/mol. The van der Waals surface area contributed by atoms with Crippen molar-refractivity contribution in [1.29, 1.82) is 0 Å². The SMILES string of the molecule is CCCCCC[C@@]1(O)C(=O)OCc2c1cc1n(c2=O)Cc2cc3cc(NC(=O)[C@H](C)NC(=O)[C@@H](NC(=O)C(C)(C)COC(C)(C)Cn4cc(C(C)CCC)nn4)C(C)C)c(F)cc3nc2-1. The highest BCUT2D eigenvalue weighted by molar-refractivity contribution is 6.00. The van der Waals surface area contributed by atoms with E-state index in [-0.39, 0.29) is 54.4 Å². The van der Waals surface area contributed by atoms with Gasteiger partial charge < -0.3 is 35.1 Å². The van der Waals surface area contributed by atoms with Gasteiger partial charge in [0.15, 0.2) is 5.60 Å². The Bertz CT molecular complexity index is 2510. The van der Waals surface area contributed by atoms with Gasteiger partial charge in [-0.1, -0.05) is 65.5 Å². The number of nitrogens with zero attached hydrogens (tertiary/aromatic N) is 5. The fourth-order valence-electron chi connectivity index (χ4n) is 8.37. The number of aromatic nitrogens is 5. The lowest BCUT2D eigenvalue weighted by atomic mass is 9.84. The largest absolute Gasteiger partial charge is 0.458 e. The van der Waals surface area contributed by atoms with Gasteiger partial charge in [-0.3, -0.25) is 19.2 Å². The van der Waals surface area contributed by atoms with Crippen LogP contribution in [0.25, 0.3) is 22.3 Å². The summed E-state index contributed by atoms with van der Waals surface area (Å²) in [7, 11) is 0. The van der Waals surface area contributed by atoms with E-state index in [1.807, 2.05) is 20.0 Å². The van der Waals surface area contributed by atoms with E-state index in [4.69, 9.17) is 14.5 Å². The van der Waals surface area contributed by atoms with Crippen LogP contribution >= 0.6 is 0 Å². The van der Waals surface area contributed by atoms with Crippen molar-refractivity contribution in [2.75, 3.05) is 11.9 Å². The lowest BCUT2D eigenvalue weighted by Crippen LogP contribution is -2.56. The quantitative estimate of drug-likeness (QED) is 0.0498. The van der Waals surface area contributed by atoms with Crippen molar-refractivity contribution < 1.29 is 38.1 Å². The van der Waals surface area contributed by atoms with Crippen LogP contribution in [0.2, 0.25) is 0 Å². The zero-order valence-electron chi connectivity index (χ0n) is 39.4. The van der Waals surface area contributed by atoms with Gasteiger partial charge in [0.25, 0.3) is 5.56 Å². The standard InChI is InChI=1S/C48H65FN8O8/c1-11-13-14-15-17-48(63)33-20-38-40-31(22-57(38)43(60)32(33)24-64-45(48)62)18-30-19-36(34(49)21-35(30)51-40)52-41(58)29(6)50-42(59)39(27(3)4)53-44(61)46(7,8)26-65-47(9,10)25-56-23-37(54-55-56)28(5)16-12-2/h18-21,23,27-29,39,63H,11-17,22,24-26H2,1-10H3,(H,50,59)(H,52,58)(H,53,61)/t28?,29-,39-,48-/m0/s1. The Morgan fingerprint density at radius 1 is 0.985 bits per heavy atom. The second kappa shape index (κ2) is 19.5. The van der Waals surface area contributed by atoms with Crippen LogP contribution in [0.3, 0.4) is 0 Å². The summed E-state index contributed by atoms with van der Waals surface area (Å²) in [5.74, 6) is -3.33. The molecule has 0 saturated heterocycles. The van der Waals surface area contributed by atoms with E-state index in [1.165, 1.54) is 23.6 Å². The molecular formula is C48H65FN8O8. The van der Waals surface area contributed by atoms with E-state index in [2.05, 4.69) is 47.0 Å². The zero-order valence-corrected chi connectivity index (χ0v) is 39.4. The van der Waals surface area contributed by atoms with E-state index in [1.54, 1.807) is 44.5 Å². The summed E-state index contributed by atoms with van der Waals surface area (Å²) in [6.07, 6.45) is 7.38. The fraction of sp³-hybridized carbons (Fsp3) is 0.583. The number of pyridine rings is 2. The molecule has 0 radical (unpaired) electrons. The minimum absolute atomic E-state index is 0.0506. The maximum atomic E-state index is 15.7. The topological polar surface area (TPSA) is 209 Å². The van der Waals surface area contributed by atoms with Crippen molar-refractivity contribution >= 4 is 40.3 Å². The maximum absolute atomic E-state index is 15.7. The Hall–Kier alpha value is -5.55. The minimum Gasteiger partial charge on any atom is -0.458 e. The van der Waals surface area contributed by atoms with E-state index in [0.29, 0.717) is 41.2 Å². The highest BCUT2D eigenvalue weighted by Gasteiger charge is 2.46. The number of anilines is 1. The molecule has 0 saturated carbocycles. The number of unbranched alkanes of at least 4 members (excludes halogenated alkanes) is 3. The van der Waals surface area contributed by atoms with E-state index < -0.39 is 63.8 Å². The first-order valence-electron chi connectivity index (χ1n) is 22.9. The lowest BCUT2D eigenvalue weighted by molar-refractivity contribution is -0.173. The normalized spacial score (nSPS) is 17.2. The van der Waals surface area contributed by atoms with Crippen LogP contribution in [-0.4, -0.2) is 77.6 Å². The third-order valence-electron chi connectivity index (χ3n) is 12.5. The number of amides is 3. The number of cyclic esters (lactones) is 1. The molecule has 0 spiro atoms. The van der Waals surface area contributed by atoms with Gasteiger partial charge in [-0.15, -0.1) is 5.10 Å². The number of ether oxygens (including phenoxy) is 2. The molecule has 4 N–H and O–H groups in total. The molecule has 17 heteroatoms. The molecule has 352 valence electrons. The van der Waals surface area contributed by atoms with Crippen LogP contribution in [0.1, 0.15) is 142 Å². The number of hydrogen-bond acceptors (Lipinski definition) is 11. The molecule has 0 bridgehead atoms. The number of fused-ring (bicyclic) bond motifs is 5. The van der Waals surface area contributed by atoms with Crippen molar-refractivity contribution in [2.24, 2.45) is 11.3 Å². The second-order valence-corrected chi connectivity index (χ2v) is 19.5. The van der Waals surface area contributed by atoms with Gasteiger partial charge in [-0.25, -0.2) is 18.9 Å². The third-order valence-corrected chi connectivity index (χ3v) is 12.5. The molecule has 16 nitrogen and oxygen atoms in total. The Balaban J connectivity index is 1.09. The Morgan fingerprint density at radius 3 is 2.42 bits per heavy atom. The number of benzene rings is 1. The fourth-order valence-corrected chi connectivity index (χ4v) is 8.37. The Morgan fingerprint density at radius 2 is 1.72 bits per heavy atom. The molecule has 3 amide bonds. The number of esters is 1. The summed E-state index contributed by atoms with van der Waals surface area (Å²) in [5.41, 5.74) is -1.20. The van der Waals surface area contributed by atoms with E-state index in [0.717, 1.165) is 37.8 Å². The predicted octanol–water partition coefficient (Wildman–Crippen LogP) is 6.38. The molecule has 2 aliphatic heterocycles. The van der Waals surface area contributed by atoms with Crippen LogP contribution in [0, 0.1) is 17.2 Å². The van der Waals surface area contributed by atoms with Gasteiger partial charge in [-0.05, 0) is 78.0 Å². The molecule has 1 unspecified atom stereocenters. The van der Waals surface area contributed by atoms with Gasteiger partial charge in [0, 0.05) is 34.7 Å². The molecule has 3 aromatic heterocycles. The minimum atomic E-state index is -1.97. The number of rotatable bonds is 20. The second-order valence-electron chi connectivity index (χ2n) is 19.5. The highest BCUT2D eigenvalue weighted by atomic mass is 19.1. The van der Waals surface area contributed by atoms with Gasteiger partial charge in [-0.2, -0.15) is 0 Å². The van der Waals surface area contributed by atoms with Crippen LogP contribution in [0.4, 0.5) is 10.1 Å². The number of carbonyl (C=O) groups is 4. The van der Waals surface area contributed by atoms with Crippen LogP contribution in [-0.2, 0) is 53.9 Å². The molecule has 65 heavy (non-hydrogen) atoms. The molecule has 2 aliphatic rings. The molecular weight excluding hydrogens is 836 g/mol. The number of carbonyl (C=O) groups excluding carboxylic acids is 4. The Labute approximate surface area is 379 Å². The molecule has 6 rings (SSSR count). The molecule has 5 heterocycles. The van der Waals surface area contributed by atoms with Crippen LogP contribution < -0.4 is 21.5 Å². The molecule has 0 aliphatic carbocycles. The number of aliphatic hydroxyl groups is 1. The summed E-state index contributed by atoms with van der Waals surface area (Å²) in [5, 5.41) is 28.8.